The van der Waals surface area contributed by atoms with E-state index in [4.69, 9.17) is 9.47 Å². The largest absolute Gasteiger partial charge is 0.460 e. The van der Waals surface area contributed by atoms with E-state index < -0.39 is 6.10 Å². The summed E-state index contributed by atoms with van der Waals surface area (Å²) in [6, 6.07) is 15.5. The fourth-order valence-corrected chi connectivity index (χ4v) is 3.37. The van der Waals surface area contributed by atoms with Crippen LogP contribution in [0.3, 0.4) is 0 Å². The molecule has 4 rings (SSSR count). The van der Waals surface area contributed by atoms with E-state index in [2.05, 4.69) is 49.4 Å². The number of nitrogens with one attached hydrogen (secondary N) is 1. The van der Waals surface area contributed by atoms with Gasteiger partial charge in [-0.15, -0.1) is 0 Å². The molecule has 1 saturated heterocycles. The zero-order valence-corrected chi connectivity index (χ0v) is 18.6. The molecule has 2 aromatic heterocycles. The summed E-state index contributed by atoms with van der Waals surface area (Å²) < 4.78 is 11.2. The van der Waals surface area contributed by atoms with Crippen molar-refractivity contribution >= 4 is 17.9 Å². The van der Waals surface area contributed by atoms with Crippen molar-refractivity contribution in [1.29, 1.82) is 0 Å². The number of ether oxygens (including phenoxy) is 2. The lowest BCUT2D eigenvalue weighted by Crippen LogP contribution is -2.36. The number of hydrazone groups is 1. The highest BCUT2D eigenvalue weighted by Crippen LogP contribution is 2.21. The molecule has 1 unspecified atom stereocenters. The lowest BCUT2D eigenvalue weighted by Gasteiger charge is -2.28. The number of benzene rings is 1. The predicted molar refractivity (Wildman–Crippen MR) is 127 cm³/mol. The predicted octanol–water partition coefficient (Wildman–Crippen LogP) is 2.83. The number of rotatable bonds is 9. The maximum absolute atomic E-state index is 10.4. The van der Waals surface area contributed by atoms with E-state index in [1.165, 1.54) is 5.56 Å². The van der Waals surface area contributed by atoms with Crippen molar-refractivity contribution in [2.45, 2.75) is 19.4 Å². The Morgan fingerprint density at radius 1 is 1.18 bits per heavy atom. The Hall–Kier alpha value is -3.56. The van der Waals surface area contributed by atoms with Gasteiger partial charge in [0.05, 0.1) is 25.1 Å². The first-order valence-corrected chi connectivity index (χ1v) is 11.0. The molecule has 3 aromatic rings. The van der Waals surface area contributed by atoms with E-state index in [0.717, 1.165) is 25.1 Å². The number of pyridine rings is 1. The third-order valence-electron chi connectivity index (χ3n) is 5.18. The molecule has 1 aliphatic rings. The van der Waals surface area contributed by atoms with Crippen molar-refractivity contribution in [3.05, 3.63) is 71.5 Å². The summed E-state index contributed by atoms with van der Waals surface area (Å²) in [6.45, 7) is 4.81. The smallest absolute Gasteiger partial charge is 0.320 e. The average molecular weight is 449 g/mol. The topological polar surface area (TPSA) is 105 Å². The van der Waals surface area contributed by atoms with Crippen molar-refractivity contribution in [1.82, 2.24) is 15.0 Å². The lowest BCUT2D eigenvalue weighted by atomic mass is 10.1. The van der Waals surface area contributed by atoms with Gasteiger partial charge in [0, 0.05) is 25.4 Å². The maximum atomic E-state index is 10.4. The number of hydrogen-bond donors (Lipinski definition) is 2. The number of nitrogens with zero attached hydrogens (tertiary/aromatic N) is 5. The van der Waals surface area contributed by atoms with E-state index in [-0.39, 0.29) is 12.6 Å². The van der Waals surface area contributed by atoms with Crippen LogP contribution in [0.1, 0.15) is 29.8 Å². The Kier molecular flexibility index (Phi) is 7.78. The molecule has 1 atom stereocenters. The van der Waals surface area contributed by atoms with Crippen LogP contribution < -0.4 is 15.1 Å². The number of hydrogen-bond acceptors (Lipinski definition) is 9. The first kappa shape index (κ1) is 22.6. The molecule has 1 aliphatic heterocycles. The summed E-state index contributed by atoms with van der Waals surface area (Å²) in [7, 11) is 0. The number of aliphatic hydroxyl groups is 1. The van der Waals surface area contributed by atoms with Gasteiger partial charge in [0.1, 0.15) is 18.5 Å². The summed E-state index contributed by atoms with van der Waals surface area (Å²) >= 11 is 0. The van der Waals surface area contributed by atoms with Crippen molar-refractivity contribution in [2.75, 3.05) is 43.2 Å². The number of aliphatic hydroxyl groups excluding tert-OH is 1. The fraction of sp³-hybridized carbons (Fsp3) is 0.333. The molecular formula is C24H28N6O3. The van der Waals surface area contributed by atoms with Crippen LogP contribution in [-0.4, -0.2) is 59.2 Å². The van der Waals surface area contributed by atoms with Gasteiger partial charge in [0.15, 0.2) is 5.82 Å². The molecule has 0 radical (unpaired) electrons. The monoisotopic (exact) mass is 448 g/mol. The molecule has 0 amide bonds. The molecule has 0 spiro atoms. The average Bonchev–Trinajstić information content (AvgIpc) is 2.88. The van der Waals surface area contributed by atoms with Crippen LogP contribution in [0.15, 0.2) is 59.8 Å². The number of aryl methyl sites for hydroxylation is 1. The Bertz CT molecular complexity index is 1060. The molecule has 9 nitrogen and oxygen atoms in total. The zero-order valence-electron chi connectivity index (χ0n) is 18.6. The van der Waals surface area contributed by atoms with Gasteiger partial charge in [-0.3, -0.25) is 10.4 Å². The molecule has 0 bridgehead atoms. The molecule has 2 N–H and O–H groups in total. The number of anilines is 2. The normalized spacial score (nSPS) is 14.9. The Balaban J connectivity index is 1.49. The van der Waals surface area contributed by atoms with Crippen LogP contribution in [-0.2, 0) is 11.2 Å². The summed E-state index contributed by atoms with van der Waals surface area (Å²) in [5.74, 6) is 1.21. The quantitative estimate of drug-likeness (QED) is 0.380. The maximum Gasteiger partial charge on any atom is 0.320 e. The second-order valence-electron chi connectivity index (χ2n) is 7.54. The standard InChI is InChI=1S/C24H28N6O3/c1-2-18-6-5-7-19(14-18)16-26-29-22-15-23(30-10-12-32-13-11-30)28-24(27-22)33-17-21(31)20-8-3-4-9-25-20/h3-9,14-16,21,31H,2,10-13,17H2,1H3,(H,27,28,29). The molecule has 9 heteroatoms. The van der Waals surface area contributed by atoms with Crippen LogP contribution in [0, 0.1) is 0 Å². The van der Waals surface area contributed by atoms with Gasteiger partial charge in [0.25, 0.3) is 0 Å². The summed E-state index contributed by atoms with van der Waals surface area (Å²) in [5, 5.41) is 14.7. The Morgan fingerprint density at radius 3 is 2.85 bits per heavy atom. The van der Waals surface area contributed by atoms with Crippen molar-refractivity contribution in [3.63, 3.8) is 0 Å². The molecule has 172 valence electrons. The zero-order chi connectivity index (χ0) is 22.9. The summed E-state index contributed by atoms with van der Waals surface area (Å²) in [5.41, 5.74) is 5.75. The third kappa shape index (κ3) is 6.47. The van der Waals surface area contributed by atoms with Gasteiger partial charge in [-0.1, -0.05) is 37.3 Å². The van der Waals surface area contributed by atoms with Crippen LogP contribution in [0.4, 0.5) is 11.6 Å². The highest BCUT2D eigenvalue weighted by Gasteiger charge is 2.17. The summed E-state index contributed by atoms with van der Waals surface area (Å²) in [4.78, 5) is 15.2. The Morgan fingerprint density at radius 2 is 2.06 bits per heavy atom. The second-order valence-corrected chi connectivity index (χ2v) is 7.54. The van der Waals surface area contributed by atoms with Gasteiger partial charge >= 0.3 is 6.01 Å². The molecule has 0 aliphatic carbocycles. The van der Waals surface area contributed by atoms with Crippen molar-refractivity contribution < 1.29 is 14.6 Å². The fourth-order valence-electron chi connectivity index (χ4n) is 3.37. The molecular weight excluding hydrogens is 420 g/mol. The van der Waals surface area contributed by atoms with Crippen LogP contribution >= 0.6 is 0 Å². The molecule has 0 saturated carbocycles. The molecule has 1 fully saturated rings. The third-order valence-corrected chi connectivity index (χ3v) is 5.18. The van der Waals surface area contributed by atoms with Crippen molar-refractivity contribution in [3.8, 4) is 6.01 Å². The highest BCUT2D eigenvalue weighted by molar-refractivity contribution is 5.80. The molecule has 1 aromatic carbocycles. The van der Waals surface area contributed by atoms with Gasteiger partial charge in [-0.2, -0.15) is 15.1 Å². The number of aromatic nitrogens is 3. The minimum atomic E-state index is -0.887. The van der Waals surface area contributed by atoms with Gasteiger partial charge < -0.3 is 19.5 Å². The van der Waals surface area contributed by atoms with Crippen LogP contribution in [0.5, 0.6) is 6.01 Å². The molecule has 3 heterocycles. The lowest BCUT2D eigenvalue weighted by molar-refractivity contribution is 0.0989. The van der Waals surface area contributed by atoms with Crippen LogP contribution in [0.2, 0.25) is 0 Å². The van der Waals surface area contributed by atoms with E-state index in [0.29, 0.717) is 30.5 Å². The van der Waals surface area contributed by atoms with Gasteiger partial charge in [-0.25, -0.2) is 0 Å². The van der Waals surface area contributed by atoms with E-state index in [9.17, 15) is 5.11 Å². The second kappa shape index (κ2) is 11.3. The van der Waals surface area contributed by atoms with E-state index in [1.54, 1.807) is 24.5 Å². The minimum absolute atomic E-state index is 0.0178. The highest BCUT2D eigenvalue weighted by atomic mass is 16.5. The number of morpholine rings is 1. The first-order valence-electron chi connectivity index (χ1n) is 11.0. The van der Waals surface area contributed by atoms with E-state index >= 15 is 0 Å². The van der Waals surface area contributed by atoms with Crippen molar-refractivity contribution in [2.24, 2.45) is 5.10 Å². The van der Waals surface area contributed by atoms with E-state index in [1.807, 2.05) is 24.3 Å². The van der Waals surface area contributed by atoms with Gasteiger partial charge in [-0.05, 0) is 29.7 Å². The Labute approximate surface area is 193 Å². The SMILES string of the molecule is CCc1cccc(C=NNc2cc(N3CCOCC3)nc(OCC(O)c3ccccn3)n2)c1. The van der Waals surface area contributed by atoms with Gasteiger partial charge in [0.2, 0.25) is 0 Å². The molecule has 33 heavy (non-hydrogen) atoms. The van der Waals surface area contributed by atoms with Crippen LogP contribution in [0.25, 0.3) is 0 Å². The minimum Gasteiger partial charge on any atom is -0.460 e. The first-order chi connectivity index (χ1) is 16.2. The summed E-state index contributed by atoms with van der Waals surface area (Å²) in [6.07, 6.45) is 3.46.